The van der Waals surface area contributed by atoms with Gasteiger partial charge in [-0.3, -0.25) is 0 Å². The van der Waals surface area contributed by atoms with Crippen LogP contribution in [0, 0.1) is 0 Å². The van der Waals surface area contributed by atoms with Gasteiger partial charge in [0.2, 0.25) is 0 Å². The molecule has 1 atom stereocenters. The number of ether oxygens (including phenoxy) is 1. The highest BCUT2D eigenvalue weighted by molar-refractivity contribution is 5.95. The van der Waals surface area contributed by atoms with E-state index in [1.54, 1.807) is 13.1 Å². The third-order valence-corrected chi connectivity index (χ3v) is 4.28. The second kappa shape index (κ2) is 5.91. The Hall–Kier alpha value is -2.56. The number of hydrogen-bond acceptors (Lipinski definition) is 4. The molecular weight excluding hydrogens is 290 g/mol. The second-order valence-corrected chi connectivity index (χ2v) is 5.71. The molecule has 1 aliphatic heterocycles. The van der Waals surface area contributed by atoms with Gasteiger partial charge in [0.1, 0.15) is 16.9 Å². The van der Waals surface area contributed by atoms with Crippen LogP contribution in [0.3, 0.4) is 0 Å². The number of carbonyl (C=O) groups is 1. The van der Waals surface area contributed by atoms with E-state index < -0.39 is 5.54 Å². The van der Waals surface area contributed by atoms with Gasteiger partial charge in [-0.05, 0) is 37.5 Å². The first kappa shape index (κ1) is 15.3. The van der Waals surface area contributed by atoms with Crippen LogP contribution in [-0.4, -0.2) is 22.4 Å². The minimum atomic E-state index is -0.447. The lowest BCUT2D eigenvalue weighted by Crippen LogP contribution is -2.34. The van der Waals surface area contributed by atoms with Crippen molar-refractivity contribution >= 4 is 11.8 Å². The van der Waals surface area contributed by atoms with Crippen LogP contribution >= 0.6 is 0 Å². The van der Waals surface area contributed by atoms with Crippen molar-refractivity contribution in [2.24, 2.45) is 0 Å². The van der Waals surface area contributed by atoms with E-state index in [0.717, 1.165) is 12.0 Å². The summed E-state index contributed by atoms with van der Waals surface area (Å²) >= 11 is 0. The summed E-state index contributed by atoms with van der Waals surface area (Å²) in [4.78, 5) is 12.1. The number of esters is 1. The van der Waals surface area contributed by atoms with Gasteiger partial charge in [0.25, 0.3) is 0 Å². The van der Waals surface area contributed by atoms with Gasteiger partial charge in [-0.1, -0.05) is 31.2 Å². The standard InChI is InChI=1S/C18H21N3O2/c1-4-13-6-8-14(9-7-13)18(3)10-11-19-16-15(12-20-21(16)18)17(22)23-5-2/h6-12,19H,4-5H2,1-3H3. The Labute approximate surface area is 136 Å². The van der Waals surface area contributed by atoms with Gasteiger partial charge in [-0.15, -0.1) is 0 Å². The molecule has 0 spiro atoms. The Morgan fingerprint density at radius 1 is 1.30 bits per heavy atom. The summed E-state index contributed by atoms with van der Waals surface area (Å²) < 4.78 is 6.93. The number of rotatable bonds is 4. The number of anilines is 1. The van der Waals surface area contributed by atoms with E-state index in [0.29, 0.717) is 18.0 Å². The van der Waals surface area contributed by atoms with Crippen LogP contribution in [0.4, 0.5) is 5.82 Å². The molecule has 1 unspecified atom stereocenters. The lowest BCUT2D eigenvalue weighted by atomic mass is 9.90. The molecular formula is C18H21N3O2. The smallest absolute Gasteiger partial charge is 0.343 e. The number of benzene rings is 1. The van der Waals surface area contributed by atoms with E-state index in [1.165, 1.54) is 5.56 Å². The Balaban J connectivity index is 2.04. The Kier molecular flexibility index (Phi) is 3.94. The van der Waals surface area contributed by atoms with Gasteiger partial charge in [0, 0.05) is 6.20 Å². The molecule has 0 radical (unpaired) electrons. The molecule has 5 nitrogen and oxygen atoms in total. The summed E-state index contributed by atoms with van der Waals surface area (Å²) in [5.74, 6) is 0.299. The maximum atomic E-state index is 12.1. The van der Waals surface area contributed by atoms with Gasteiger partial charge in [0.05, 0.1) is 12.8 Å². The highest BCUT2D eigenvalue weighted by Crippen LogP contribution is 2.35. The summed E-state index contributed by atoms with van der Waals surface area (Å²) in [6.45, 7) is 6.35. The number of nitrogens with one attached hydrogen (secondary N) is 1. The molecule has 1 aliphatic rings. The van der Waals surface area contributed by atoms with Crippen molar-refractivity contribution in [3.05, 3.63) is 59.4 Å². The maximum absolute atomic E-state index is 12.1. The fourth-order valence-electron chi connectivity index (χ4n) is 2.85. The van der Waals surface area contributed by atoms with Crippen LogP contribution in [0.15, 0.2) is 42.7 Å². The fourth-order valence-corrected chi connectivity index (χ4v) is 2.85. The molecule has 2 aromatic rings. The van der Waals surface area contributed by atoms with Crippen LogP contribution < -0.4 is 5.32 Å². The van der Waals surface area contributed by atoms with Crippen LogP contribution in [-0.2, 0) is 16.7 Å². The molecule has 23 heavy (non-hydrogen) atoms. The summed E-state index contributed by atoms with van der Waals surface area (Å²) in [6, 6.07) is 8.49. The molecule has 0 aliphatic carbocycles. The number of fused-ring (bicyclic) bond motifs is 1. The van der Waals surface area contributed by atoms with E-state index in [9.17, 15) is 4.79 Å². The summed E-state index contributed by atoms with van der Waals surface area (Å²) in [7, 11) is 0. The Morgan fingerprint density at radius 2 is 2.04 bits per heavy atom. The third kappa shape index (κ3) is 2.52. The normalized spacial score (nSPS) is 19.1. The van der Waals surface area contributed by atoms with Crippen molar-refractivity contribution < 1.29 is 9.53 Å². The lowest BCUT2D eigenvalue weighted by molar-refractivity contribution is 0.0527. The van der Waals surface area contributed by atoms with E-state index in [-0.39, 0.29) is 5.97 Å². The monoisotopic (exact) mass is 311 g/mol. The van der Waals surface area contributed by atoms with E-state index in [2.05, 4.69) is 48.5 Å². The number of hydrogen-bond donors (Lipinski definition) is 1. The number of aromatic nitrogens is 2. The van der Waals surface area contributed by atoms with Crippen molar-refractivity contribution in [1.29, 1.82) is 0 Å². The van der Waals surface area contributed by atoms with Crippen molar-refractivity contribution in [2.75, 3.05) is 11.9 Å². The zero-order chi connectivity index (χ0) is 16.4. The average Bonchev–Trinajstić information content (AvgIpc) is 3.01. The number of nitrogens with zero attached hydrogens (tertiary/aromatic N) is 2. The average molecular weight is 311 g/mol. The van der Waals surface area contributed by atoms with Crippen LogP contribution in [0.5, 0.6) is 0 Å². The zero-order valence-corrected chi connectivity index (χ0v) is 13.7. The summed E-state index contributed by atoms with van der Waals surface area (Å²) in [5, 5.41) is 7.55. The quantitative estimate of drug-likeness (QED) is 0.880. The molecule has 1 N–H and O–H groups in total. The predicted octanol–water partition coefficient (Wildman–Crippen LogP) is 3.32. The second-order valence-electron chi connectivity index (χ2n) is 5.71. The molecule has 0 fully saturated rings. The van der Waals surface area contributed by atoms with Crippen molar-refractivity contribution in [3.63, 3.8) is 0 Å². The van der Waals surface area contributed by atoms with Gasteiger partial charge >= 0.3 is 5.97 Å². The number of aryl methyl sites for hydroxylation is 1. The highest BCUT2D eigenvalue weighted by Gasteiger charge is 2.34. The first-order chi connectivity index (χ1) is 11.1. The van der Waals surface area contributed by atoms with E-state index in [1.807, 2.05) is 17.0 Å². The first-order valence-corrected chi connectivity index (χ1v) is 7.89. The molecule has 120 valence electrons. The van der Waals surface area contributed by atoms with Gasteiger partial charge in [-0.2, -0.15) is 5.10 Å². The maximum Gasteiger partial charge on any atom is 0.343 e. The van der Waals surface area contributed by atoms with Gasteiger partial charge in [-0.25, -0.2) is 9.48 Å². The minimum absolute atomic E-state index is 0.342. The van der Waals surface area contributed by atoms with E-state index in [4.69, 9.17) is 4.74 Å². The molecule has 2 heterocycles. The van der Waals surface area contributed by atoms with Crippen LogP contribution in [0.2, 0.25) is 0 Å². The third-order valence-electron chi connectivity index (χ3n) is 4.28. The molecule has 1 aromatic heterocycles. The zero-order valence-electron chi connectivity index (χ0n) is 13.7. The van der Waals surface area contributed by atoms with Crippen LogP contribution in [0.1, 0.15) is 42.3 Å². The van der Waals surface area contributed by atoms with Crippen molar-refractivity contribution in [2.45, 2.75) is 32.7 Å². The molecule has 1 aromatic carbocycles. The molecule has 0 bridgehead atoms. The van der Waals surface area contributed by atoms with Gasteiger partial charge < -0.3 is 10.1 Å². The summed E-state index contributed by atoms with van der Waals surface area (Å²) in [6.07, 6.45) is 6.47. The summed E-state index contributed by atoms with van der Waals surface area (Å²) in [5.41, 5.74) is 2.42. The molecule has 0 saturated heterocycles. The minimum Gasteiger partial charge on any atom is -0.462 e. The number of allylic oxidation sites excluding steroid dienone is 1. The van der Waals surface area contributed by atoms with E-state index >= 15 is 0 Å². The lowest BCUT2D eigenvalue weighted by Gasteiger charge is -2.32. The SMILES string of the molecule is CCOC(=O)c1cnn2c1NC=CC2(C)c1ccc(CC)cc1. The highest BCUT2D eigenvalue weighted by atomic mass is 16.5. The van der Waals surface area contributed by atoms with Crippen molar-refractivity contribution in [1.82, 2.24) is 9.78 Å². The van der Waals surface area contributed by atoms with Crippen LogP contribution in [0.25, 0.3) is 0 Å². The molecule has 0 amide bonds. The van der Waals surface area contributed by atoms with Gasteiger partial charge in [0.15, 0.2) is 0 Å². The molecule has 0 saturated carbocycles. The number of carbonyl (C=O) groups excluding carboxylic acids is 1. The topological polar surface area (TPSA) is 56.1 Å². The molecule has 3 rings (SSSR count). The Bertz CT molecular complexity index is 746. The largest absolute Gasteiger partial charge is 0.462 e. The predicted molar refractivity (Wildman–Crippen MR) is 89.5 cm³/mol. The fraction of sp³-hybridized carbons (Fsp3) is 0.333. The van der Waals surface area contributed by atoms with Crippen molar-refractivity contribution in [3.8, 4) is 0 Å². The molecule has 5 heteroatoms. The first-order valence-electron chi connectivity index (χ1n) is 7.89. The Morgan fingerprint density at radius 3 is 2.70 bits per heavy atom.